The number of aliphatic hydroxyl groups excluding tert-OH is 1. The Kier molecular flexibility index (Phi) is 5.54. The predicted molar refractivity (Wildman–Crippen MR) is 92.8 cm³/mol. The van der Waals surface area contributed by atoms with E-state index in [1.807, 2.05) is 17.0 Å². The van der Waals surface area contributed by atoms with Gasteiger partial charge in [0.2, 0.25) is 0 Å². The molecule has 0 bridgehead atoms. The molecule has 132 valence electrons. The molecule has 0 radical (unpaired) electrons. The Hall–Kier alpha value is -1.43. The summed E-state index contributed by atoms with van der Waals surface area (Å²) in [4.78, 5) is 16.8. The zero-order chi connectivity index (χ0) is 17.1. The van der Waals surface area contributed by atoms with E-state index in [2.05, 4.69) is 30.9 Å². The van der Waals surface area contributed by atoms with Gasteiger partial charge in [-0.3, -0.25) is 9.69 Å². The van der Waals surface area contributed by atoms with E-state index in [-0.39, 0.29) is 30.6 Å². The van der Waals surface area contributed by atoms with E-state index in [1.165, 1.54) is 5.56 Å². The molecule has 2 aliphatic heterocycles. The first-order chi connectivity index (χ1) is 11.5. The van der Waals surface area contributed by atoms with Crippen LogP contribution in [0.4, 0.5) is 0 Å². The third-order valence-electron chi connectivity index (χ3n) is 4.93. The normalized spacial score (nSPS) is 28.3. The molecule has 2 aliphatic rings. The third-order valence-corrected chi connectivity index (χ3v) is 4.93. The summed E-state index contributed by atoms with van der Waals surface area (Å²) in [6.45, 7) is 8.58. The minimum atomic E-state index is 0.0751. The highest BCUT2D eigenvalue weighted by Gasteiger charge is 2.26. The Bertz CT molecular complexity index is 550. The van der Waals surface area contributed by atoms with Crippen LogP contribution in [0.5, 0.6) is 0 Å². The van der Waals surface area contributed by atoms with Crippen LogP contribution in [0.25, 0.3) is 0 Å². The van der Waals surface area contributed by atoms with E-state index in [4.69, 9.17) is 4.74 Å². The minimum absolute atomic E-state index is 0.0751. The van der Waals surface area contributed by atoms with Crippen LogP contribution < -0.4 is 0 Å². The summed E-state index contributed by atoms with van der Waals surface area (Å²) in [7, 11) is 0. The molecule has 1 aromatic carbocycles. The van der Waals surface area contributed by atoms with Crippen molar-refractivity contribution in [2.75, 3.05) is 32.8 Å². The summed E-state index contributed by atoms with van der Waals surface area (Å²) in [5, 5.41) is 9.21. The van der Waals surface area contributed by atoms with E-state index < -0.39 is 0 Å². The molecular weight excluding hydrogens is 304 g/mol. The second-order valence-corrected chi connectivity index (χ2v) is 7.24. The SMILES string of the molecule is CC1CN(Cc2ccc(C(=O)N3CCC(CO)C3)cc2)CC(C)O1. The molecule has 5 nitrogen and oxygen atoms in total. The molecule has 3 unspecified atom stereocenters. The van der Waals surface area contributed by atoms with Gasteiger partial charge in [-0.05, 0) is 38.0 Å². The Morgan fingerprint density at radius 1 is 1.17 bits per heavy atom. The van der Waals surface area contributed by atoms with Crippen molar-refractivity contribution in [3.8, 4) is 0 Å². The molecule has 5 heteroatoms. The van der Waals surface area contributed by atoms with Gasteiger partial charge in [0.25, 0.3) is 5.91 Å². The lowest BCUT2D eigenvalue weighted by molar-refractivity contribution is -0.0704. The number of rotatable bonds is 4. The van der Waals surface area contributed by atoms with E-state index in [0.29, 0.717) is 6.54 Å². The molecule has 0 aromatic heterocycles. The minimum Gasteiger partial charge on any atom is -0.396 e. The van der Waals surface area contributed by atoms with Gasteiger partial charge >= 0.3 is 0 Å². The summed E-state index contributed by atoms with van der Waals surface area (Å²) in [5.41, 5.74) is 1.96. The smallest absolute Gasteiger partial charge is 0.253 e. The van der Waals surface area contributed by atoms with Gasteiger partial charge in [-0.25, -0.2) is 0 Å². The van der Waals surface area contributed by atoms with Crippen molar-refractivity contribution >= 4 is 5.91 Å². The number of carbonyl (C=O) groups excluding carboxylic acids is 1. The van der Waals surface area contributed by atoms with Gasteiger partial charge in [-0.2, -0.15) is 0 Å². The van der Waals surface area contributed by atoms with Gasteiger partial charge in [0.05, 0.1) is 12.2 Å². The van der Waals surface area contributed by atoms with Crippen molar-refractivity contribution in [2.45, 2.75) is 39.0 Å². The van der Waals surface area contributed by atoms with Crippen molar-refractivity contribution in [2.24, 2.45) is 5.92 Å². The highest BCUT2D eigenvalue weighted by atomic mass is 16.5. The first-order valence-corrected chi connectivity index (χ1v) is 8.92. The number of aliphatic hydroxyl groups is 1. The van der Waals surface area contributed by atoms with Crippen LogP contribution in [0.1, 0.15) is 36.2 Å². The van der Waals surface area contributed by atoms with E-state index in [0.717, 1.165) is 38.2 Å². The van der Waals surface area contributed by atoms with E-state index in [1.54, 1.807) is 0 Å². The van der Waals surface area contributed by atoms with Crippen LogP contribution in [0, 0.1) is 5.92 Å². The summed E-state index contributed by atoms with van der Waals surface area (Å²) < 4.78 is 5.77. The molecule has 1 amide bonds. The highest BCUT2D eigenvalue weighted by molar-refractivity contribution is 5.94. The van der Waals surface area contributed by atoms with Crippen molar-refractivity contribution in [1.29, 1.82) is 0 Å². The summed E-state index contributed by atoms with van der Waals surface area (Å²) in [6.07, 6.45) is 1.43. The van der Waals surface area contributed by atoms with Gasteiger partial charge in [-0.15, -0.1) is 0 Å². The molecular formula is C19H28N2O3. The average Bonchev–Trinajstić information content (AvgIpc) is 3.03. The molecule has 2 saturated heterocycles. The standard InChI is InChI=1S/C19H28N2O3/c1-14-9-20(10-15(2)24-14)11-16-3-5-18(6-4-16)19(23)21-8-7-17(12-21)13-22/h3-6,14-15,17,22H,7-13H2,1-2H3. The fourth-order valence-corrected chi connectivity index (χ4v) is 3.77. The number of morpholine rings is 1. The Morgan fingerprint density at radius 2 is 1.83 bits per heavy atom. The van der Waals surface area contributed by atoms with Gasteiger partial charge < -0.3 is 14.7 Å². The highest BCUT2D eigenvalue weighted by Crippen LogP contribution is 2.19. The molecule has 2 fully saturated rings. The van der Waals surface area contributed by atoms with Crippen LogP contribution in [-0.4, -0.2) is 65.8 Å². The summed E-state index contributed by atoms with van der Waals surface area (Å²) >= 11 is 0. The van der Waals surface area contributed by atoms with E-state index >= 15 is 0 Å². The molecule has 0 aliphatic carbocycles. The predicted octanol–water partition coefficient (Wildman–Crippen LogP) is 1.75. The Labute approximate surface area is 144 Å². The number of carbonyl (C=O) groups is 1. The number of benzene rings is 1. The number of ether oxygens (including phenoxy) is 1. The zero-order valence-electron chi connectivity index (χ0n) is 14.6. The van der Waals surface area contributed by atoms with Crippen LogP contribution in [0.15, 0.2) is 24.3 Å². The van der Waals surface area contributed by atoms with Crippen LogP contribution in [0.3, 0.4) is 0 Å². The zero-order valence-corrected chi connectivity index (χ0v) is 14.6. The maximum absolute atomic E-state index is 12.5. The summed E-state index contributed by atoms with van der Waals surface area (Å²) in [6, 6.07) is 7.96. The molecule has 24 heavy (non-hydrogen) atoms. The number of nitrogens with zero attached hydrogens (tertiary/aromatic N) is 2. The monoisotopic (exact) mass is 332 g/mol. The second-order valence-electron chi connectivity index (χ2n) is 7.24. The molecule has 3 atom stereocenters. The lowest BCUT2D eigenvalue weighted by atomic mass is 10.1. The maximum Gasteiger partial charge on any atom is 0.253 e. The Balaban J connectivity index is 1.58. The van der Waals surface area contributed by atoms with Gasteiger partial charge in [0, 0.05) is 50.8 Å². The fourth-order valence-electron chi connectivity index (χ4n) is 3.77. The summed E-state index contributed by atoms with van der Waals surface area (Å²) in [5.74, 6) is 0.310. The van der Waals surface area contributed by atoms with Gasteiger partial charge in [0.15, 0.2) is 0 Å². The third kappa shape index (κ3) is 4.15. The molecule has 1 aromatic rings. The largest absolute Gasteiger partial charge is 0.396 e. The maximum atomic E-state index is 12.5. The Morgan fingerprint density at radius 3 is 2.42 bits per heavy atom. The molecule has 0 spiro atoms. The lowest BCUT2D eigenvalue weighted by Crippen LogP contribution is -2.44. The van der Waals surface area contributed by atoms with Crippen molar-refractivity contribution in [3.05, 3.63) is 35.4 Å². The van der Waals surface area contributed by atoms with Gasteiger partial charge in [0.1, 0.15) is 0 Å². The van der Waals surface area contributed by atoms with E-state index in [9.17, 15) is 9.90 Å². The number of amides is 1. The quantitative estimate of drug-likeness (QED) is 0.913. The molecule has 0 saturated carbocycles. The van der Waals surface area contributed by atoms with Crippen molar-refractivity contribution in [1.82, 2.24) is 9.80 Å². The molecule has 2 heterocycles. The van der Waals surface area contributed by atoms with Crippen molar-refractivity contribution in [3.63, 3.8) is 0 Å². The van der Waals surface area contributed by atoms with Crippen LogP contribution >= 0.6 is 0 Å². The number of likely N-dealkylation sites (tertiary alicyclic amines) is 1. The van der Waals surface area contributed by atoms with Crippen molar-refractivity contribution < 1.29 is 14.6 Å². The number of hydrogen-bond donors (Lipinski definition) is 1. The van der Waals surface area contributed by atoms with Crippen LogP contribution in [-0.2, 0) is 11.3 Å². The van der Waals surface area contributed by atoms with Gasteiger partial charge in [-0.1, -0.05) is 12.1 Å². The van der Waals surface area contributed by atoms with Crippen LogP contribution in [0.2, 0.25) is 0 Å². The molecule has 1 N–H and O–H groups in total. The number of hydrogen-bond acceptors (Lipinski definition) is 4. The lowest BCUT2D eigenvalue weighted by Gasteiger charge is -2.35. The first kappa shape index (κ1) is 17.4. The fraction of sp³-hybridized carbons (Fsp3) is 0.632. The first-order valence-electron chi connectivity index (χ1n) is 8.92. The average molecular weight is 332 g/mol. The topological polar surface area (TPSA) is 53.0 Å². The second kappa shape index (κ2) is 7.64. The molecule has 3 rings (SSSR count).